The predicted molar refractivity (Wildman–Crippen MR) is 64.5 cm³/mol. The minimum Gasteiger partial charge on any atom is -0.331 e. The Morgan fingerprint density at radius 1 is 1.44 bits per heavy atom. The molecule has 0 amide bonds. The standard InChI is InChI=1S/C10H7F3N2OS2/c11-10(12,13)9(2-3-9)15-7(16)6-5(1-4-18-6)14-8(15)17/h1,4H,2-3H2,(H,14,17). The van der Waals surface area contributed by atoms with E-state index in [1.807, 2.05) is 0 Å². The zero-order valence-corrected chi connectivity index (χ0v) is 10.5. The number of nitrogens with zero attached hydrogens (tertiary/aromatic N) is 1. The van der Waals surface area contributed by atoms with Gasteiger partial charge in [0.2, 0.25) is 0 Å². The number of H-pyrrole nitrogens is 1. The molecule has 0 atom stereocenters. The molecule has 2 aromatic rings. The number of halogens is 3. The molecule has 0 aliphatic heterocycles. The van der Waals surface area contributed by atoms with E-state index in [9.17, 15) is 18.0 Å². The maximum absolute atomic E-state index is 13.1. The fourth-order valence-electron chi connectivity index (χ4n) is 2.08. The van der Waals surface area contributed by atoms with E-state index in [2.05, 4.69) is 4.98 Å². The molecular formula is C10H7F3N2OS2. The van der Waals surface area contributed by atoms with E-state index < -0.39 is 17.3 Å². The second-order valence-electron chi connectivity index (χ2n) is 4.26. The summed E-state index contributed by atoms with van der Waals surface area (Å²) in [5.74, 6) is 0. The third kappa shape index (κ3) is 1.42. The third-order valence-electron chi connectivity index (χ3n) is 3.19. The van der Waals surface area contributed by atoms with Crippen molar-refractivity contribution in [2.24, 2.45) is 0 Å². The van der Waals surface area contributed by atoms with Gasteiger partial charge < -0.3 is 4.98 Å². The van der Waals surface area contributed by atoms with Crippen molar-refractivity contribution in [3.05, 3.63) is 26.6 Å². The lowest BCUT2D eigenvalue weighted by Gasteiger charge is -2.21. The first kappa shape index (κ1) is 11.9. The van der Waals surface area contributed by atoms with E-state index in [4.69, 9.17) is 12.2 Å². The van der Waals surface area contributed by atoms with Gasteiger partial charge in [-0.1, -0.05) is 0 Å². The number of thiophene rings is 1. The smallest absolute Gasteiger partial charge is 0.331 e. The highest BCUT2D eigenvalue weighted by Gasteiger charge is 2.65. The van der Waals surface area contributed by atoms with Crippen LogP contribution < -0.4 is 5.56 Å². The highest BCUT2D eigenvalue weighted by atomic mass is 32.1. The molecule has 2 aromatic heterocycles. The Hall–Kier alpha value is -1.15. The molecule has 8 heteroatoms. The summed E-state index contributed by atoms with van der Waals surface area (Å²) in [5.41, 5.74) is -2.27. The Bertz CT molecular complexity index is 736. The highest BCUT2D eigenvalue weighted by molar-refractivity contribution is 7.71. The summed E-state index contributed by atoms with van der Waals surface area (Å²) in [7, 11) is 0. The fourth-order valence-corrected chi connectivity index (χ4v) is 3.23. The molecule has 1 N–H and O–H groups in total. The predicted octanol–water partition coefficient (Wildman–Crippen LogP) is 3.17. The Kier molecular flexibility index (Phi) is 2.28. The molecule has 0 unspecified atom stereocenters. The van der Waals surface area contributed by atoms with Crippen molar-refractivity contribution in [2.75, 3.05) is 0 Å². The van der Waals surface area contributed by atoms with Gasteiger partial charge in [0.05, 0.1) is 5.52 Å². The van der Waals surface area contributed by atoms with Gasteiger partial charge in [-0.2, -0.15) is 13.2 Å². The Morgan fingerprint density at radius 2 is 2.11 bits per heavy atom. The van der Waals surface area contributed by atoms with Crippen LogP contribution in [0, 0.1) is 4.77 Å². The monoisotopic (exact) mass is 292 g/mol. The molecule has 1 fully saturated rings. The normalized spacial score (nSPS) is 18.2. The molecular weight excluding hydrogens is 285 g/mol. The van der Waals surface area contributed by atoms with Crippen LogP contribution in [0.25, 0.3) is 10.2 Å². The van der Waals surface area contributed by atoms with Crippen molar-refractivity contribution in [2.45, 2.75) is 24.6 Å². The lowest BCUT2D eigenvalue weighted by Crippen LogP contribution is -2.42. The summed E-state index contributed by atoms with van der Waals surface area (Å²) >= 11 is 6.02. The van der Waals surface area contributed by atoms with Gasteiger partial charge in [0.15, 0.2) is 4.77 Å². The number of hydrogen-bond acceptors (Lipinski definition) is 3. The lowest BCUT2D eigenvalue weighted by atomic mass is 10.2. The number of aromatic amines is 1. The highest BCUT2D eigenvalue weighted by Crippen LogP contribution is 2.54. The first-order chi connectivity index (χ1) is 8.37. The molecule has 3 rings (SSSR count). The molecule has 96 valence electrons. The van der Waals surface area contributed by atoms with Crippen molar-refractivity contribution in [1.29, 1.82) is 0 Å². The average Bonchev–Trinajstić information content (AvgIpc) is 2.91. The fraction of sp³-hybridized carbons (Fsp3) is 0.400. The Labute approximate surface area is 108 Å². The number of fused-ring (bicyclic) bond motifs is 1. The average molecular weight is 292 g/mol. The number of rotatable bonds is 1. The zero-order valence-electron chi connectivity index (χ0n) is 8.87. The summed E-state index contributed by atoms with van der Waals surface area (Å²) < 4.78 is 40.0. The van der Waals surface area contributed by atoms with Crippen molar-refractivity contribution in [3.8, 4) is 0 Å². The quantitative estimate of drug-likeness (QED) is 0.820. The van der Waals surface area contributed by atoms with E-state index in [0.29, 0.717) is 10.1 Å². The molecule has 1 aliphatic carbocycles. The minimum absolute atomic E-state index is 0.0925. The van der Waals surface area contributed by atoms with Crippen LogP contribution in [0.1, 0.15) is 12.8 Å². The maximum Gasteiger partial charge on any atom is 0.412 e. The lowest BCUT2D eigenvalue weighted by molar-refractivity contribution is -0.181. The first-order valence-corrected chi connectivity index (χ1v) is 6.45. The van der Waals surface area contributed by atoms with Crippen LogP contribution in [-0.4, -0.2) is 15.7 Å². The van der Waals surface area contributed by atoms with E-state index in [1.165, 1.54) is 0 Å². The van der Waals surface area contributed by atoms with Crippen LogP contribution in [0.3, 0.4) is 0 Å². The minimum atomic E-state index is -4.46. The summed E-state index contributed by atoms with van der Waals surface area (Å²) in [4.78, 5) is 14.8. The summed E-state index contributed by atoms with van der Waals surface area (Å²) in [6.45, 7) is 0. The second-order valence-corrected chi connectivity index (χ2v) is 5.57. The van der Waals surface area contributed by atoms with E-state index in [-0.39, 0.29) is 22.3 Å². The van der Waals surface area contributed by atoms with Gasteiger partial charge in [0.1, 0.15) is 10.2 Å². The maximum atomic E-state index is 13.1. The molecule has 3 nitrogen and oxygen atoms in total. The van der Waals surface area contributed by atoms with E-state index in [1.54, 1.807) is 11.4 Å². The third-order valence-corrected chi connectivity index (χ3v) is 4.37. The molecule has 1 aliphatic rings. The number of hydrogen-bond donors (Lipinski definition) is 1. The van der Waals surface area contributed by atoms with Gasteiger partial charge in [-0.25, -0.2) is 0 Å². The molecule has 0 radical (unpaired) electrons. The van der Waals surface area contributed by atoms with Crippen LogP contribution in [0.4, 0.5) is 13.2 Å². The number of alkyl halides is 3. The van der Waals surface area contributed by atoms with Gasteiger partial charge >= 0.3 is 6.18 Å². The van der Waals surface area contributed by atoms with Crippen LogP contribution in [0.5, 0.6) is 0 Å². The Morgan fingerprint density at radius 3 is 2.67 bits per heavy atom. The summed E-state index contributed by atoms with van der Waals surface area (Å²) in [6.07, 6.45) is -4.64. The van der Waals surface area contributed by atoms with Crippen LogP contribution in [-0.2, 0) is 5.54 Å². The van der Waals surface area contributed by atoms with Gasteiger partial charge in [-0.15, -0.1) is 11.3 Å². The molecule has 2 heterocycles. The van der Waals surface area contributed by atoms with E-state index >= 15 is 0 Å². The molecule has 0 spiro atoms. The van der Waals surface area contributed by atoms with Crippen molar-refractivity contribution in [1.82, 2.24) is 9.55 Å². The molecule has 0 aromatic carbocycles. The van der Waals surface area contributed by atoms with Gasteiger partial charge in [-0.3, -0.25) is 9.36 Å². The van der Waals surface area contributed by atoms with Crippen LogP contribution >= 0.6 is 23.6 Å². The van der Waals surface area contributed by atoms with Gasteiger partial charge in [-0.05, 0) is 36.5 Å². The summed E-state index contributed by atoms with van der Waals surface area (Å²) in [6, 6.07) is 1.63. The van der Waals surface area contributed by atoms with Crippen LogP contribution in [0.2, 0.25) is 0 Å². The van der Waals surface area contributed by atoms with Crippen LogP contribution in [0.15, 0.2) is 16.2 Å². The molecule has 18 heavy (non-hydrogen) atoms. The van der Waals surface area contributed by atoms with Crippen molar-refractivity contribution in [3.63, 3.8) is 0 Å². The topological polar surface area (TPSA) is 37.8 Å². The van der Waals surface area contributed by atoms with Gasteiger partial charge in [0, 0.05) is 0 Å². The number of nitrogens with one attached hydrogen (secondary N) is 1. The SMILES string of the molecule is O=c1c2sccc2[nH]c(=S)n1C1(C(F)(F)F)CC1. The second kappa shape index (κ2) is 3.45. The molecule has 0 bridgehead atoms. The molecule has 1 saturated carbocycles. The molecule has 0 saturated heterocycles. The van der Waals surface area contributed by atoms with Crippen molar-refractivity contribution < 1.29 is 13.2 Å². The van der Waals surface area contributed by atoms with E-state index in [0.717, 1.165) is 11.3 Å². The zero-order chi connectivity index (χ0) is 13.1. The first-order valence-electron chi connectivity index (χ1n) is 5.16. The van der Waals surface area contributed by atoms with Gasteiger partial charge in [0.25, 0.3) is 5.56 Å². The number of aromatic nitrogens is 2. The van der Waals surface area contributed by atoms with Crippen molar-refractivity contribution >= 4 is 33.8 Å². The summed E-state index contributed by atoms with van der Waals surface area (Å²) in [5, 5.41) is 1.65. The Balaban J connectivity index is 2.37. The largest absolute Gasteiger partial charge is 0.412 e.